The van der Waals surface area contributed by atoms with Crippen LogP contribution >= 0.6 is 8.15 Å². The summed E-state index contributed by atoms with van der Waals surface area (Å²) < 4.78 is 0. The predicted molar refractivity (Wildman–Crippen MR) is 57.9 cm³/mol. The largest absolute Gasteiger partial charge is 0.374 e. The van der Waals surface area contributed by atoms with Crippen molar-refractivity contribution in [3.05, 3.63) is 0 Å². The molecule has 1 N–H and O–H groups in total. The second-order valence-electron chi connectivity index (χ2n) is 3.37. The van der Waals surface area contributed by atoms with Gasteiger partial charge in [0.15, 0.2) is 0 Å². The molecular formula is C10H23OP. The Morgan fingerprint density at radius 3 is 1.58 bits per heavy atom. The van der Waals surface area contributed by atoms with Crippen LogP contribution in [0, 0.1) is 0 Å². The molecule has 0 atom stereocenters. The number of rotatable bonds is 8. The molecule has 0 rings (SSSR count). The highest BCUT2D eigenvalue weighted by molar-refractivity contribution is 7.51. The third-order valence-corrected chi connectivity index (χ3v) is 3.70. The van der Waals surface area contributed by atoms with Gasteiger partial charge in [0.1, 0.15) is 0 Å². The molecule has 0 aliphatic carbocycles. The van der Waals surface area contributed by atoms with Crippen molar-refractivity contribution in [1.82, 2.24) is 0 Å². The maximum Gasteiger partial charge on any atom is 0.0251 e. The van der Waals surface area contributed by atoms with Crippen molar-refractivity contribution in [2.24, 2.45) is 0 Å². The van der Waals surface area contributed by atoms with E-state index in [0.29, 0.717) is 0 Å². The first-order valence-corrected chi connectivity index (χ1v) is 6.91. The summed E-state index contributed by atoms with van der Waals surface area (Å²) in [6.07, 6.45) is 9.70. The average molecular weight is 190 g/mol. The summed E-state index contributed by atoms with van der Waals surface area (Å²) in [5.41, 5.74) is 0. The molecule has 0 amide bonds. The minimum atomic E-state index is -0.604. The van der Waals surface area contributed by atoms with Crippen LogP contribution < -0.4 is 0 Å². The molecule has 0 fully saturated rings. The maximum atomic E-state index is 9.57. The summed E-state index contributed by atoms with van der Waals surface area (Å²) in [7, 11) is -0.604. The summed E-state index contributed by atoms with van der Waals surface area (Å²) in [6.45, 7) is 4.41. The van der Waals surface area contributed by atoms with Gasteiger partial charge in [-0.1, -0.05) is 39.5 Å². The van der Waals surface area contributed by atoms with Crippen molar-refractivity contribution in [1.29, 1.82) is 0 Å². The van der Waals surface area contributed by atoms with Gasteiger partial charge in [0, 0.05) is 8.15 Å². The first kappa shape index (κ1) is 12.4. The zero-order chi connectivity index (χ0) is 9.23. The first-order chi connectivity index (χ1) is 5.81. The van der Waals surface area contributed by atoms with Crippen molar-refractivity contribution >= 4 is 8.15 Å². The highest BCUT2D eigenvalue weighted by Crippen LogP contribution is 2.32. The van der Waals surface area contributed by atoms with Crippen molar-refractivity contribution in [2.75, 3.05) is 12.3 Å². The van der Waals surface area contributed by atoms with E-state index in [4.69, 9.17) is 0 Å². The van der Waals surface area contributed by atoms with Gasteiger partial charge in [-0.05, 0) is 25.2 Å². The second kappa shape index (κ2) is 9.48. The maximum absolute atomic E-state index is 9.57. The lowest BCUT2D eigenvalue weighted by Gasteiger charge is -2.08. The fraction of sp³-hybridized carbons (Fsp3) is 1.00. The SMILES string of the molecule is CCCCCP(O)CCCCC. The van der Waals surface area contributed by atoms with Crippen LogP contribution in [0.5, 0.6) is 0 Å². The van der Waals surface area contributed by atoms with E-state index < -0.39 is 8.15 Å². The molecule has 2 heteroatoms. The van der Waals surface area contributed by atoms with E-state index in [1.54, 1.807) is 0 Å². The van der Waals surface area contributed by atoms with Crippen LogP contribution in [-0.4, -0.2) is 17.2 Å². The Balaban J connectivity index is 3.04. The lowest BCUT2D eigenvalue weighted by atomic mass is 10.3. The highest BCUT2D eigenvalue weighted by atomic mass is 31.1. The fourth-order valence-electron chi connectivity index (χ4n) is 1.20. The zero-order valence-electron chi connectivity index (χ0n) is 8.55. The van der Waals surface area contributed by atoms with E-state index in [0.717, 1.165) is 12.3 Å². The Morgan fingerprint density at radius 1 is 0.833 bits per heavy atom. The molecule has 12 heavy (non-hydrogen) atoms. The standard InChI is InChI=1S/C10H23OP/c1-3-5-7-9-12(11)10-8-6-4-2/h11H,3-10H2,1-2H3. The average Bonchev–Trinajstić information content (AvgIpc) is 2.06. The van der Waals surface area contributed by atoms with E-state index in [1.165, 1.54) is 38.5 Å². The van der Waals surface area contributed by atoms with Crippen LogP contribution in [0.15, 0.2) is 0 Å². The summed E-state index contributed by atoms with van der Waals surface area (Å²) in [5, 5.41) is 0. The summed E-state index contributed by atoms with van der Waals surface area (Å²) in [4.78, 5) is 9.57. The number of hydrogen-bond donors (Lipinski definition) is 1. The van der Waals surface area contributed by atoms with Crippen molar-refractivity contribution < 1.29 is 4.89 Å². The van der Waals surface area contributed by atoms with Crippen LogP contribution in [0.25, 0.3) is 0 Å². The van der Waals surface area contributed by atoms with Gasteiger partial charge in [-0.25, -0.2) is 0 Å². The van der Waals surface area contributed by atoms with Crippen molar-refractivity contribution in [3.63, 3.8) is 0 Å². The first-order valence-electron chi connectivity index (χ1n) is 5.25. The Morgan fingerprint density at radius 2 is 1.25 bits per heavy atom. The predicted octanol–water partition coefficient (Wildman–Crippen LogP) is 3.76. The molecule has 0 bridgehead atoms. The summed E-state index contributed by atoms with van der Waals surface area (Å²) in [5.74, 6) is 0. The number of hydrogen-bond acceptors (Lipinski definition) is 1. The quantitative estimate of drug-likeness (QED) is 0.456. The fourth-order valence-corrected chi connectivity index (χ4v) is 2.60. The molecule has 0 aromatic rings. The lowest BCUT2D eigenvalue weighted by Crippen LogP contribution is -1.89. The van der Waals surface area contributed by atoms with E-state index in [-0.39, 0.29) is 0 Å². The minimum absolute atomic E-state index is 0.604. The Kier molecular flexibility index (Phi) is 9.79. The molecule has 0 radical (unpaired) electrons. The Labute approximate surface area is 78.4 Å². The van der Waals surface area contributed by atoms with Gasteiger partial charge >= 0.3 is 0 Å². The molecule has 0 aromatic carbocycles. The van der Waals surface area contributed by atoms with E-state index in [9.17, 15) is 4.89 Å². The molecule has 0 unspecified atom stereocenters. The molecule has 0 aliphatic rings. The molecule has 1 nitrogen and oxygen atoms in total. The zero-order valence-corrected chi connectivity index (χ0v) is 9.45. The van der Waals surface area contributed by atoms with Crippen molar-refractivity contribution in [2.45, 2.75) is 52.4 Å². The van der Waals surface area contributed by atoms with Gasteiger partial charge in [0.05, 0.1) is 0 Å². The third kappa shape index (κ3) is 8.49. The van der Waals surface area contributed by atoms with E-state index >= 15 is 0 Å². The molecule has 0 heterocycles. The highest BCUT2D eigenvalue weighted by Gasteiger charge is 2.01. The van der Waals surface area contributed by atoms with Crippen LogP contribution in [0.3, 0.4) is 0 Å². The number of unbranched alkanes of at least 4 members (excludes halogenated alkanes) is 4. The van der Waals surface area contributed by atoms with Gasteiger partial charge in [-0.2, -0.15) is 0 Å². The van der Waals surface area contributed by atoms with Crippen LogP contribution in [-0.2, 0) is 0 Å². The topological polar surface area (TPSA) is 20.2 Å². The van der Waals surface area contributed by atoms with Crippen molar-refractivity contribution in [3.8, 4) is 0 Å². The second-order valence-corrected chi connectivity index (χ2v) is 5.28. The van der Waals surface area contributed by atoms with Gasteiger partial charge in [-0.3, -0.25) is 0 Å². The van der Waals surface area contributed by atoms with Gasteiger partial charge < -0.3 is 4.89 Å². The van der Waals surface area contributed by atoms with E-state index in [1.807, 2.05) is 0 Å². The van der Waals surface area contributed by atoms with Crippen LogP contribution in [0.2, 0.25) is 0 Å². The molecule has 0 saturated heterocycles. The van der Waals surface area contributed by atoms with Gasteiger partial charge in [0.25, 0.3) is 0 Å². The Hall–Kier alpha value is 0.390. The van der Waals surface area contributed by atoms with Gasteiger partial charge in [-0.15, -0.1) is 0 Å². The minimum Gasteiger partial charge on any atom is -0.374 e. The van der Waals surface area contributed by atoms with E-state index in [2.05, 4.69) is 13.8 Å². The normalized spacial score (nSPS) is 11.0. The smallest absolute Gasteiger partial charge is 0.0251 e. The van der Waals surface area contributed by atoms with Crippen LogP contribution in [0.1, 0.15) is 52.4 Å². The third-order valence-electron chi connectivity index (χ3n) is 2.04. The summed E-state index contributed by atoms with van der Waals surface area (Å²) in [6, 6.07) is 0. The molecular weight excluding hydrogens is 167 g/mol. The Bertz CT molecular complexity index is 75.9. The molecule has 0 spiro atoms. The monoisotopic (exact) mass is 190 g/mol. The van der Waals surface area contributed by atoms with Crippen LogP contribution in [0.4, 0.5) is 0 Å². The molecule has 0 saturated carbocycles. The summed E-state index contributed by atoms with van der Waals surface area (Å²) >= 11 is 0. The molecule has 0 aliphatic heterocycles. The molecule has 0 aromatic heterocycles. The molecule has 74 valence electrons. The lowest BCUT2D eigenvalue weighted by molar-refractivity contribution is 0.608. The van der Waals surface area contributed by atoms with Gasteiger partial charge in [0.2, 0.25) is 0 Å².